The maximum absolute atomic E-state index is 9.42. The zero-order valence-corrected chi connectivity index (χ0v) is 7.21. The number of aromatic nitrogens is 2. The molecule has 0 aliphatic carbocycles. The Balaban J connectivity index is 2.88. The molecule has 0 aliphatic rings. The molecular weight excluding hydrogens is 176 g/mol. The largest absolute Gasteiger partial charge is 0.427 e. The number of benzene rings is 1. The second kappa shape index (κ2) is 2.38. The number of hydrogen-bond acceptors (Lipinski definition) is 2. The fourth-order valence-electron chi connectivity index (χ4n) is 1.16. The van der Waals surface area contributed by atoms with Crippen LogP contribution in [0.2, 0.25) is 5.02 Å². The van der Waals surface area contributed by atoms with Crippen molar-refractivity contribution >= 4 is 22.6 Å². The van der Waals surface area contributed by atoms with Crippen LogP contribution < -0.4 is 0 Å². The number of imidazole rings is 1. The first-order valence-electron chi connectivity index (χ1n) is 3.52. The normalized spacial score (nSPS) is 10.8. The molecule has 0 unspecified atom stereocenters. The Labute approximate surface area is 74.2 Å². The highest BCUT2D eigenvalue weighted by Crippen LogP contribution is 2.18. The third-order valence-electron chi connectivity index (χ3n) is 1.75. The van der Waals surface area contributed by atoms with E-state index in [0.29, 0.717) is 16.4 Å². The van der Waals surface area contributed by atoms with Gasteiger partial charge in [-0.05, 0) is 25.1 Å². The van der Waals surface area contributed by atoms with E-state index in [1.165, 1.54) is 0 Å². The van der Waals surface area contributed by atoms with E-state index in [1.54, 1.807) is 25.1 Å². The van der Waals surface area contributed by atoms with Crippen LogP contribution in [-0.4, -0.2) is 14.9 Å². The molecule has 0 spiro atoms. The lowest BCUT2D eigenvalue weighted by molar-refractivity contribution is 0.191. The van der Waals surface area contributed by atoms with Crippen LogP contribution in [0.1, 0.15) is 5.82 Å². The van der Waals surface area contributed by atoms with E-state index < -0.39 is 0 Å². The van der Waals surface area contributed by atoms with E-state index in [9.17, 15) is 5.21 Å². The fourth-order valence-corrected chi connectivity index (χ4v) is 1.32. The molecule has 0 radical (unpaired) electrons. The van der Waals surface area contributed by atoms with Crippen molar-refractivity contribution in [3.05, 3.63) is 29.0 Å². The Hall–Kier alpha value is -1.22. The topological polar surface area (TPSA) is 38.0 Å². The summed E-state index contributed by atoms with van der Waals surface area (Å²) in [4.78, 5) is 4.11. The van der Waals surface area contributed by atoms with Gasteiger partial charge >= 0.3 is 0 Å². The van der Waals surface area contributed by atoms with E-state index in [0.717, 1.165) is 10.2 Å². The van der Waals surface area contributed by atoms with E-state index in [4.69, 9.17) is 11.6 Å². The minimum atomic E-state index is 0.562. The van der Waals surface area contributed by atoms with Crippen LogP contribution in [0.4, 0.5) is 0 Å². The first-order chi connectivity index (χ1) is 5.68. The molecule has 0 atom stereocenters. The molecule has 0 saturated heterocycles. The average molecular weight is 183 g/mol. The summed E-state index contributed by atoms with van der Waals surface area (Å²) in [7, 11) is 0. The van der Waals surface area contributed by atoms with Crippen LogP contribution in [0.3, 0.4) is 0 Å². The lowest BCUT2D eigenvalue weighted by Crippen LogP contribution is -1.91. The third-order valence-corrected chi connectivity index (χ3v) is 1.99. The highest BCUT2D eigenvalue weighted by Gasteiger charge is 2.05. The van der Waals surface area contributed by atoms with Gasteiger partial charge in [-0.15, -0.1) is 0 Å². The van der Waals surface area contributed by atoms with Gasteiger partial charge in [0, 0.05) is 5.02 Å². The van der Waals surface area contributed by atoms with Crippen LogP contribution in [0.15, 0.2) is 18.2 Å². The molecule has 0 fully saturated rings. The molecule has 0 amide bonds. The number of hydrogen-bond donors (Lipinski definition) is 1. The predicted octanol–water partition coefficient (Wildman–Crippen LogP) is 2.24. The lowest BCUT2D eigenvalue weighted by Gasteiger charge is -1.94. The molecule has 1 aromatic carbocycles. The molecule has 0 bridgehead atoms. The molecule has 2 rings (SSSR count). The summed E-state index contributed by atoms with van der Waals surface area (Å²) in [6, 6.07) is 5.20. The summed E-state index contributed by atoms with van der Waals surface area (Å²) >= 11 is 5.75. The maximum Gasteiger partial charge on any atom is 0.142 e. The van der Waals surface area contributed by atoms with Gasteiger partial charge in [-0.1, -0.05) is 11.6 Å². The summed E-state index contributed by atoms with van der Waals surface area (Å²) in [5.74, 6) is 0.562. The minimum Gasteiger partial charge on any atom is -0.427 e. The maximum atomic E-state index is 9.42. The predicted molar refractivity (Wildman–Crippen MR) is 46.7 cm³/mol. The molecule has 3 nitrogen and oxygen atoms in total. The van der Waals surface area contributed by atoms with Gasteiger partial charge in [-0.2, -0.15) is 4.73 Å². The Bertz CT molecular complexity index is 436. The van der Waals surface area contributed by atoms with Gasteiger partial charge in [-0.25, -0.2) is 4.98 Å². The summed E-state index contributed by atoms with van der Waals surface area (Å²) in [5, 5.41) is 10.0. The van der Waals surface area contributed by atoms with Crippen molar-refractivity contribution in [2.24, 2.45) is 0 Å². The highest BCUT2D eigenvalue weighted by molar-refractivity contribution is 6.31. The van der Waals surface area contributed by atoms with Gasteiger partial charge < -0.3 is 5.21 Å². The quantitative estimate of drug-likeness (QED) is 0.635. The van der Waals surface area contributed by atoms with Crippen molar-refractivity contribution in [2.75, 3.05) is 0 Å². The van der Waals surface area contributed by atoms with E-state index >= 15 is 0 Å². The van der Waals surface area contributed by atoms with Gasteiger partial charge in [-0.3, -0.25) is 0 Å². The number of fused-ring (bicyclic) bond motifs is 1. The standard InChI is InChI=1S/C8H7ClN2O/c1-5-10-7-3-2-6(9)4-8(7)11(5)12/h2-4,12H,1H3. The number of halogens is 1. The second-order valence-electron chi connectivity index (χ2n) is 2.60. The highest BCUT2D eigenvalue weighted by atomic mass is 35.5. The monoisotopic (exact) mass is 182 g/mol. The molecule has 12 heavy (non-hydrogen) atoms. The zero-order chi connectivity index (χ0) is 8.72. The van der Waals surface area contributed by atoms with Crippen molar-refractivity contribution in [3.63, 3.8) is 0 Å². The fraction of sp³-hybridized carbons (Fsp3) is 0.125. The Morgan fingerprint density at radius 3 is 3.00 bits per heavy atom. The van der Waals surface area contributed by atoms with Gasteiger partial charge in [0.25, 0.3) is 0 Å². The van der Waals surface area contributed by atoms with E-state index in [2.05, 4.69) is 4.98 Å². The smallest absolute Gasteiger partial charge is 0.142 e. The Morgan fingerprint density at radius 2 is 2.25 bits per heavy atom. The Morgan fingerprint density at radius 1 is 1.50 bits per heavy atom. The summed E-state index contributed by atoms with van der Waals surface area (Å²) in [6.45, 7) is 1.73. The van der Waals surface area contributed by atoms with Crippen molar-refractivity contribution < 1.29 is 5.21 Å². The first kappa shape index (κ1) is 7.43. The van der Waals surface area contributed by atoms with Crippen LogP contribution in [0.25, 0.3) is 11.0 Å². The zero-order valence-electron chi connectivity index (χ0n) is 6.45. The molecular formula is C8H7ClN2O. The molecule has 1 heterocycles. The SMILES string of the molecule is Cc1nc2ccc(Cl)cc2n1O. The second-order valence-corrected chi connectivity index (χ2v) is 3.04. The minimum absolute atomic E-state index is 0.562. The van der Waals surface area contributed by atoms with Crippen molar-refractivity contribution in [2.45, 2.75) is 6.92 Å². The van der Waals surface area contributed by atoms with Gasteiger partial charge in [0.15, 0.2) is 0 Å². The van der Waals surface area contributed by atoms with Gasteiger partial charge in [0.2, 0.25) is 0 Å². The lowest BCUT2D eigenvalue weighted by atomic mass is 10.3. The molecule has 1 aromatic heterocycles. The average Bonchev–Trinajstić information content (AvgIpc) is 2.31. The first-order valence-corrected chi connectivity index (χ1v) is 3.90. The van der Waals surface area contributed by atoms with Crippen LogP contribution >= 0.6 is 11.6 Å². The van der Waals surface area contributed by atoms with Crippen molar-refractivity contribution in [3.8, 4) is 0 Å². The molecule has 0 saturated carbocycles. The van der Waals surface area contributed by atoms with Crippen LogP contribution in [0.5, 0.6) is 0 Å². The number of nitrogens with zero attached hydrogens (tertiary/aromatic N) is 2. The molecule has 4 heteroatoms. The van der Waals surface area contributed by atoms with Gasteiger partial charge in [0.1, 0.15) is 11.3 Å². The van der Waals surface area contributed by atoms with Crippen molar-refractivity contribution in [1.29, 1.82) is 0 Å². The molecule has 0 aliphatic heterocycles. The molecule has 1 N–H and O–H groups in total. The van der Waals surface area contributed by atoms with E-state index in [-0.39, 0.29) is 0 Å². The Kier molecular flexibility index (Phi) is 1.48. The summed E-state index contributed by atoms with van der Waals surface area (Å²) < 4.78 is 1.03. The van der Waals surface area contributed by atoms with Gasteiger partial charge in [0.05, 0.1) is 5.52 Å². The van der Waals surface area contributed by atoms with E-state index in [1.807, 2.05) is 0 Å². The molecule has 62 valence electrons. The third kappa shape index (κ3) is 0.940. The van der Waals surface area contributed by atoms with Crippen molar-refractivity contribution in [1.82, 2.24) is 9.71 Å². The van der Waals surface area contributed by atoms with Crippen LogP contribution in [-0.2, 0) is 0 Å². The number of aryl methyl sites for hydroxylation is 1. The summed E-state index contributed by atoms with van der Waals surface area (Å²) in [6.07, 6.45) is 0. The van der Waals surface area contributed by atoms with Crippen LogP contribution in [0, 0.1) is 6.92 Å². The molecule has 2 aromatic rings. The number of rotatable bonds is 0. The summed E-state index contributed by atoms with van der Waals surface area (Å²) in [5.41, 5.74) is 1.39.